The van der Waals surface area contributed by atoms with Crippen LogP contribution >= 0.6 is 0 Å². The van der Waals surface area contributed by atoms with Crippen molar-refractivity contribution in [2.45, 2.75) is 32.9 Å². The summed E-state index contributed by atoms with van der Waals surface area (Å²) in [5.74, 6) is -0.417. The number of aryl methyl sites for hydroxylation is 1. The first-order valence-electron chi connectivity index (χ1n) is 7.60. The summed E-state index contributed by atoms with van der Waals surface area (Å²) in [5.41, 5.74) is 2.58. The van der Waals surface area contributed by atoms with Gasteiger partial charge >= 0.3 is 6.03 Å². The molecule has 1 aromatic carbocycles. The Bertz CT molecular complexity index is 695. The summed E-state index contributed by atoms with van der Waals surface area (Å²) < 4.78 is 16.0. The number of carbonyl (C=O) groups excluding carboxylic acids is 1. The molecule has 2 amide bonds. The van der Waals surface area contributed by atoms with Gasteiger partial charge in [-0.15, -0.1) is 0 Å². The highest BCUT2D eigenvalue weighted by Crippen LogP contribution is 2.30. The van der Waals surface area contributed by atoms with Gasteiger partial charge in [0.15, 0.2) is 0 Å². The van der Waals surface area contributed by atoms with Crippen molar-refractivity contribution in [1.29, 1.82) is 0 Å². The molecule has 5 heteroatoms. The molecule has 1 aromatic heterocycles. The van der Waals surface area contributed by atoms with Crippen LogP contribution in [0.2, 0.25) is 0 Å². The number of fused-ring (bicyclic) bond motifs is 1. The number of urea groups is 1. The molecular weight excluding hydrogens is 281 g/mol. The highest BCUT2D eigenvalue weighted by Gasteiger charge is 2.30. The number of amides is 2. The van der Waals surface area contributed by atoms with Crippen molar-refractivity contribution < 1.29 is 9.18 Å². The van der Waals surface area contributed by atoms with Crippen LogP contribution in [-0.4, -0.2) is 22.0 Å². The van der Waals surface area contributed by atoms with Crippen LogP contribution in [0.1, 0.15) is 30.8 Å². The van der Waals surface area contributed by atoms with Gasteiger partial charge in [0.25, 0.3) is 0 Å². The van der Waals surface area contributed by atoms with Crippen LogP contribution in [0.3, 0.4) is 0 Å². The van der Waals surface area contributed by atoms with E-state index in [1.165, 1.54) is 11.8 Å². The smallest absolute Gasteiger partial charge is 0.322 e. The molecule has 0 radical (unpaired) electrons. The van der Waals surface area contributed by atoms with Gasteiger partial charge < -0.3 is 14.8 Å². The number of rotatable bonds is 2. The van der Waals surface area contributed by atoms with Crippen molar-refractivity contribution in [2.75, 3.05) is 11.9 Å². The van der Waals surface area contributed by atoms with Gasteiger partial charge in [-0.3, -0.25) is 0 Å². The molecule has 0 spiro atoms. The molecule has 4 nitrogen and oxygen atoms in total. The molecule has 0 unspecified atom stereocenters. The summed E-state index contributed by atoms with van der Waals surface area (Å²) in [6, 6.07) is 10.2. The third-order valence-electron chi connectivity index (χ3n) is 4.28. The van der Waals surface area contributed by atoms with Crippen molar-refractivity contribution in [3.63, 3.8) is 0 Å². The minimum Gasteiger partial charge on any atom is -0.345 e. The molecule has 1 aliphatic heterocycles. The Hall–Kier alpha value is -2.30. The van der Waals surface area contributed by atoms with E-state index in [2.05, 4.69) is 35.9 Å². The SMILES string of the molecule is CC[C@H]1c2ccc(C)n2CCN1C(=O)Nc1ccccc1F. The van der Waals surface area contributed by atoms with Crippen LogP contribution in [0.4, 0.5) is 14.9 Å². The molecule has 1 atom stereocenters. The quantitative estimate of drug-likeness (QED) is 0.896. The van der Waals surface area contributed by atoms with Crippen molar-refractivity contribution in [1.82, 2.24) is 9.47 Å². The molecule has 2 aromatic rings. The van der Waals surface area contributed by atoms with Crippen molar-refractivity contribution in [2.24, 2.45) is 0 Å². The molecule has 1 N–H and O–H groups in total. The Kier molecular flexibility index (Phi) is 3.88. The van der Waals surface area contributed by atoms with Gasteiger partial charge in [0.05, 0.1) is 11.7 Å². The average molecular weight is 301 g/mol. The first kappa shape index (κ1) is 14.6. The Balaban J connectivity index is 1.83. The summed E-state index contributed by atoms with van der Waals surface area (Å²) in [7, 11) is 0. The lowest BCUT2D eigenvalue weighted by Gasteiger charge is -2.37. The second-order valence-electron chi connectivity index (χ2n) is 5.58. The van der Waals surface area contributed by atoms with Crippen LogP contribution in [-0.2, 0) is 6.54 Å². The van der Waals surface area contributed by atoms with Crippen molar-refractivity contribution in [3.05, 3.63) is 53.6 Å². The number of aromatic nitrogens is 1. The van der Waals surface area contributed by atoms with Gasteiger partial charge in [-0.2, -0.15) is 0 Å². The number of halogens is 1. The zero-order valence-electron chi connectivity index (χ0n) is 12.8. The fraction of sp³-hybridized carbons (Fsp3) is 0.353. The van der Waals surface area contributed by atoms with E-state index in [4.69, 9.17) is 0 Å². The zero-order valence-corrected chi connectivity index (χ0v) is 12.8. The number of hydrogen-bond donors (Lipinski definition) is 1. The maximum absolute atomic E-state index is 13.7. The standard InChI is InChI=1S/C17H20FN3O/c1-3-15-16-9-8-12(2)20(16)10-11-21(15)17(22)19-14-7-5-4-6-13(14)18/h4-9,15H,3,10-11H2,1-2H3,(H,19,22)/t15-/m0/s1. The van der Waals surface area contributed by atoms with E-state index in [0.29, 0.717) is 6.54 Å². The summed E-state index contributed by atoms with van der Waals surface area (Å²) in [4.78, 5) is 14.3. The highest BCUT2D eigenvalue weighted by molar-refractivity contribution is 5.89. The molecule has 3 rings (SSSR count). The van der Waals surface area contributed by atoms with Gasteiger partial charge in [-0.25, -0.2) is 9.18 Å². The Morgan fingerprint density at radius 3 is 2.77 bits per heavy atom. The molecule has 22 heavy (non-hydrogen) atoms. The summed E-state index contributed by atoms with van der Waals surface area (Å²) in [6.07, 6.45) is 0.828. The summed E-state index contributed by atoms with van der Waals surface area (Å²) in [5, 5.41) is 2.68. The monoisotopic (exact) mass is 301 g/mol. The summed E-state index contributed by atoms with van der Waals surface area (Å²) in [6.45, 7) is 5.54. The Morgan fingerprint density at radius 2 is 2.05 bits per heavy atom. The Morgan fingerprint density at radius 1 is 1.27 bits per heavy atom. The fourth-order valence-corrected chi connectivity index (χ4v) is 3.13. The number of para-hydroxylation sites is 1. The van der Waals surface area contributed by atoms with E-state index in [1.807, 2.05) is 0 Å². The van der Waals surface area contributed by atoms with E-state index < -0.39 is 5.82 Å². The van der Waals surface area contributed by atoms with Crippen LogP contribution < -0.4 is 5.32 Å². The van der Waals surface area contributed by atoms with Crippen LogP contribution in [0.15, 0.2) is 36.4 Å². The second kappa shape index (κ2) is 5.83. The second-order valence-corrected chi connectivity index (χ2v) is 5.58. The number of nitrogens with one attached hydrogen (secondary N) is 1. The van der Waals surface area contributed by atoms with Gasteiger partial charge in [0.1, 0.15) is 5.82 Å². The van der Waals surface area contributed by atoms with Crippen LogP contribution in [0, 0.1) is 12.7 Å². The van der Waals surface area contributed by atoms with Crippen LogP contribution in [0.25, 0.3) is 0 Å². The van der Waals surface area contributed by atoms with E-state index in [1.54, 1.807) is 23.1 Å². The largest absolute Gasteiger partial charge is 0.345 e. The lowest BCUT2D eigenvalue weighted by Crippen LogP contribution is -2.44. The third-order valence-corrected chi connectivity index (χ3v) is 4.28. The van der Waals surface area contributed by atoms with Gasteiger partial charge in [0, 0.05) is 24.5 Å². The van der Waals surface area contributed by atoms with E-state index >= 15 is 0 Å². The Labute approximate surface area is 129 Å². The van der Waals surface area contributed by atoms with Gasteiger partial charge in [0.2, 0.25) is 0 Å². The minimum absolute atomic E-state index is 0.0224. The average Bonchev–Trinajstić information content (AvgIpc) is 2.90. The highest BCUT2D eigenvalue weighted by atomic mass is 19.1. The normalized spacial score (nSPS) is 17.2. The number of benzene rings is 1. The maximum Gasteiger partial charge on any atom is 0.322 e. The molecule has 116 valence electrons. The molecule has 0 saturated carbocycles. The lowest BCUT2D eigenvalue weighted by atomic mass is 10.1. The maximum atomic E-state index is 13.7. The van der Waals surface area contributed by atoms with Crippen molar-refractivity contribution >= 4 is 11.7 Å². The molecule has 1 aliphatic rings. The molecule has 2 heterocycles. The van der Waals surface area contributed by atoms with Gasteiger partial charge in [-0.1, -0.05) is 19.1 Å². The van der Waals surface area contributed by atoms with Crippen molar-refractivity contribution in [3.8, 4) is 0 Å². The van der Waals surface area contributed by atoms with E-state index in [-0.39, 0.29) is 17.8 Å². The first-order valence-corrected chi connectivity index (χ1v) is 7.60. The predicted molar refractivity (Wildman–Crippen MR) is 84.3 cm³/mol. The molecule has 0 saturated heterocycles. The third kappa shape index (κ3) is 2.47. The zero-order chi connectivity index (χ0) is 15.7. The fourth-order valence-electron chi connectivity index (χ4n) is 3.13. The molecule has 0 aliphatic carbocycles. The topological polar surface area (TPSA) is 37.3 Å². The molecular formula is C17H20FN3O. The number of nitrogens with zero attached hydrogens (tertiary/aromatic N) is 2. The molecule has 0 bridgehead atoms. The van der Waals surface area contributed by atoms with E-state index in [9.17, 15) is 9.18 Å². The minimum atomic E-state index is -0.417. The van der Waals surface area contributed by atoms with Crippen LogP contribution in [0.5, 0.6) is 0 Å². The number of hydrogen-bond acceptors (Lipinski definition) is 1. The predicted octanol–water partition coefficient (Wildman–Crippen LogP) is 3.93. The number of anilines is 1. The van der Waals surface area contributed by atoms with Gasteiger partial charge in [-0.05, 0) is 37.6 Å². The van der Waals surface area contributed by atoms with E-state index in [0.717, 1.165) is 18.7 Å². The first-order chi connectivity index (χ1) is 10.6. The summed E-state index contributed by atoms with van der Waals surface area (Å²) >= 11 is 0. The lowest BCUT2D eigenvalue weighted by molar-refractivity contribution is 0.165. The molecule has 0 fully saturated rings. The number of carbonyl (C=O) groups is 1.